The van der Waals surface area contributed by atoms with Gasteiger partial charge in [0.15, 0.2) is 0 Å². The molecular weight excluding hydrogens is 244 g/mol. The first-order valence-electron chi connectivity index (χ1n) is 6.50. The van der Waals surface area contributed by atoms with Crippen molar-refractivity contribution in [2.45, 2.75) is 33.0 Å². The van der Waals surface area contributed by atoms with Crippen molar-refractivity contribution in [3.8, 4) is 0 Å². The van der Waals surface area contributed by atoms with E-state index in [-0.39, 0.29) is 18.5 Å². The molecule has 0 saturated carbocycles. The van der Waals surface area contributed by atoms with Crippen molar-refractivity contribution in [2.75, 3.05) is 20.3 Å². The molecule has 1 rings (SSSR count). The molecule has 0 aliphatic rings. The summed E-state index contributed by atoms with van der Waals surface area (Å²) in [7, 11) is 1.39. The molecule has 0 saturated heterocycles. The lowest BCUT2D eigenvalue weighted by atomic mass is 10.1. The largest absolute Gasteiger partial charge is 0.469 e. The van der Waals surface area contributed by atoms with Crippen molar-refractivity contribution in [3.63, 3.8) is 0 Å². The number of methoxy groups -OCH3 is 1. The van der Waals surface area contributed by atoms with Crippen LogP contribution in [0.2, 0.25) is 0 Å². The summed E-state index contributed by atoms with van der Waals surface area (Å²) in [5.41, 5.74) is 1.95. The zero-order chi connectivity index (χ0) is 14.1. The van der Waals surface area contributed by atoms with E-state index in [0.29, 0.717) is 19.8 Å². The van der Waals surface area contributed by atoms with Crippen LogP contribution in [-0.4, -0.2) is 32.4 Å². The highest BCUT2D eigenvalue weighted by Crippen LogP contribution is 2.12. The van der Waals surface area contributed by atoms with Crippen molar-refractivity contribution in [3.05, 3.63) is 35.4 Å². The topological polar surface area (TPSA) is 44.8 Å². The fraction of sp³-hybridized carbons (Fsp3) is 0.533. The van der Waals surface area contributed by atoms with E-state index in [1.165, 1.54) is 7.11 Å². The Morgan fingerprint density at radius 2 is 1.95 bits per heavy atom. The maximum atomic E-state index is 11.3. The van der Waals surface area contributed by atoms with Gasteiger partial charge in [-0.3, -0.25) is 4.79 Å². The molecule has 0 heterocycles. The maximum Gasteiger partial charge on any atom is 0.309 e. The third-order valence-electron chi connectivity index (χ3n) is 2.76. The molecule has 4 heteroatoms. The zero-order valence-corrected chi connectivity index (χ0v) is 11.8. The molecule has 1 aromatic carbocycles. The molecule has 0 amide bonds. The van der Waals surface area contributed by atoms with Crippen molar-refractivity contribution in [1.82, 2.24) is 0 Å². The lowest BCUT2D eigenvalue weighted by Crippen LogP contribution is -2.16. The first-order valence-corrected chi connectivity index (χ1v) is 6.50. The predicted octanol–water partition coefficient (Wildman–Crippen LogP) is 2.34. The summed E-state index contributed by atoms with van der Waals surface area (Å²) in [6, 6.07) is 7.73. The van der Waals surface area contributed by atoms with Crippen LogP contribution in [0.4, 0.5) is 0 Å². The van der Waals surface area contributed by atoms with Crippen molar-refractivity contribution < 1.29 is 19.0 Å². The van der Waals surface area contributed by atoms with Crippen LogP contribution in [0.5, 0.6) is 0 Å². The van der Waals surface area contributed by atoms with E-state index >= 15 is 0 Å². The first-order chi connectivity index (χ1) is 9.17. The number of carbonyl (C=O) groups is 1. The number of benzene rings is 1. The Morgan fingerprint density at radius 3 is 2.58 bits per heavy atom. The quantitative estimate of drug-likeness (QED) is 0.677. The van der Waals surface area contributed by atoms with E-state index in [9.17, 15) is 4.79 Å². The van der Waals surface area contributed by atoms with Gasteiger partial charge >= 0.3 is 5.97 Å². The number of esters is 1. The Hall–Kier alpha value is -1.39. The van der Waals surface area contributed by atoms with Gasteiger partial charge in [0.05, 0.1) is 32.8 Å². The van der Waals surface area contributed by atoms with Gasteiger partial charge in [0.1, 0.15) is 0 Å². The molecule has 0 radical (unpaired) electrons. The van der Waals surface area contributed by atoms with Gasteiger partial charge < -0.3 is 14.2 Å². The standard InChI is InChI=1S/C15H22O4/c1-4-18-10-12(2)19-11-14-8-6-5-7-13(14)9-15(16)17-3/h5-8,12H,4,9-11H2,1-3H3. The smallest absolute Gasteiger partial charge is 0.309 e. The summed E-state index contributed by atoms with van der Waals surface area (Å²) >= 11 is 0. The van der Waals surface area contributed by atoms with Gasteiger partial charge in [-0.25, -0.2) is 0 Å². The second-order valence-electron chi connectivity index (χ2n) is 4.30. The minimum absolute atomic E-state index is 0.0335. The number of hydrogen-bond acceptors (Lipinski definition) is 4. The second-order valence-corrected chi connectivity index (χ2v) is 4.30. The summed E-state index contributed by atoms with van der Waals surface area (Å²) in [5, 5.41) is 0. The second kappa shape index (κ2) is 8.67. The van der Waals surface area contributed by atoms with Gasteiger partial charge in [-0.15, -0.1) is 0 Å². The van der Waals surface area contributed by atoms with E-state index in [1.807, 2.05) is 38.1 Å². The molecular formula is C15H22O4. The molecule has 0 aliphatic carbocycles. The number of rotatable bonds is 8. The third-order valence-corrected chi connectivity index (χ3v) is 2.76. The van der Waals surface area contributed by atoms with E-state index in [2.05, 4.69) is 4.74 Å². The summed E-state index contributed by atoms with van der Waals surface area (Å²) in [5.74, 6) is -0.241. The average molecular weight is 266 g/mol. The Labute approximate surface area is 114 Å². The minimum Gasteiger partial charge on any atom is -0.469 e. The van der Waals surface area contributed by atoms with Gasteiger partial charge in [0, 0.05) is 6.61 Å². The Morgan fingerprint density at radius 1 is 1.26 bits per heavy atom. The summed E-state index contributed by atoms with van der Waals surface area (Å²) in [6.45, 7) is 5.67. The highest BCUT2D eigenvalue weighted by atomic mass is 16.5. The van der Waals surface area contributed by atoms with Crippen LogP contribution in [0.15, 0.2) is 24.3 Å². The van der Waals surface area contributed by atoms with Crippen LogP contribution in [-0.2, 0) is 32.0 Å². The molecule has 4 nitrogen and oxygen atoms in total. The van der Waals surface area contributed by atoms with Crippen molar-refractivity contribution in [1.29, 1.82) is 0 Å². The Balaban J connectivity index is 2.55. The van der Waals surface area contributed by atoms with Crippen LogP contribution in [0.25, 0.3) is 0 Å². The summed E-state index contributed by atoms with van der Waals surface area (Å²) < 4.78 is 15.7. The van der Waals surface area contributed by atoms with Crippen LogP contribution < -0.4 is 0 Å². The number of carbonyl (C=O) groups excluding carboxylic acids is 1. The molecule has 0 N–H and O–H groups in total. The Bertz CT molecular complexity index is 389. The van der Waals surface area contributed by atoms with Gasteiger partial charge in [0.2, 0.25) is 0 Å². The highest BCUT2D eigenvalue weighted by molar-refractivity contribution is 5.72. The Kier molecular flexibility index (Phi) is 7.15. The average Bonchev–Trinajstić information content (AvgIpc) is 2.44. The number of ether oxygens (including phenoxy) is 3. The minimum atomic E-state index is -0.241. The molecule has 1 atom stereocenters. The highest BCUT2D eigenvalue weighted by Gasteiger charge is 2.09. The third kappa shape index (κ3) is 5.85. The SMILES string of the molecule is CCOCC(C)OCc1ccccc1CC(=O)OC. The lowest BCUT2D eigenvalue weighted by molar-refractivity contribution is -0.139. The van der Waals surface area contributed by atoms with Gasteiger partial charge in [0.25, 0.3) is 0 Å². The fourth-order valence-corrected chi connectivity index (χ4v) is 1.66. The van der Waals surface area contributed by atoms with Gasteiger partial charge in [-0.1, -0.05) is 24.3 Å². The number of hydrogen-bond donors (Lipinski definition) is 0. The van der Waals surface area contributed by atoms with Crippen molar-refractivity contribution in [2.24, 2.45) is 0 Å². The summed E-state index contributed by atoms with van der Waals surface area (Å²) in [4.78, 5) is 11.3. The molecule has 0 fully saturated rings. The van der Waals surface area contributed by atoms with Crippen LogP contribution in [0, 0.1) is 0 Å². The van der Waals surface area contributed by atoms with E-state index < -0.39 is 0 Å². The molecule has 1 unspecified atom stereocenters. The molecule has 0 aliphatic heterocycles. The van der Waals surface area contributed by atoms with Crippen LogP contribution in [0.1, 0.15) is 25.0 Å². The van der Waals surface area contributed by atoms with Gasteiger partial charge in [-0.2, -0.15) is 0 Å². The van der Waals surface area contributed by atoms with E-state index in [4.69, 9.17) is 9.47 Å². The fourth-order valence-electron chi connectivity index (χ4n) is 1.66. The predicted molar refractivity (Wildman–Crippen MR) is 72.9 cm³/mol. The van der Waals surface area contributed by atoms with Gasteiger partial charge in [-0.05, 0) is 25.0 Å². The normalized spacial score (nSPS) is 12.2. The van der Waals surface area contributed by atoms with E-state index in [0.717, 1.165) is 11.1 Å². The molecule has 0 bridgehead atoms. The molecule has 0 aromatic heterocycles. The zero-order valence-electron chi connectivity index (χ0n) is 11.8. The molecule has 19 heavy (non-hydrogen) atoms. The summed E-state index contributed by atoms with van der Waals surface area (Å²) in [6.07, 6.45) is 0.307. The van der Waals surface area contributed by atoms with Crippen molar-refractivity contribution >= 4 is 5.97 Å². The molecule has 1 aromatic rings. The molecule has 106 valence electrons. The maximum absolute atomic E-state index is 11.3. The molecule has 0 spiro atoms. The van der Waals surface area contributed by atoms with E-state index in [1.54, 1.807) is 0 Å². The van der Waals surface area contributed by atoms with Crippen LogP contribution in [0.3, 0.4) is 0 Å². The monoisotopic (exact) mass is 266 g/mol. The van der Waals surface area contributed by atoms with Crippen LogP contribution >= 0.6 is 0 Å². The lowest BCUT2D eigenvalue weighted by Gasteiger charge is -2.14. The first kappa shape index (κ1) is 15.7.